The standard InChI is InChI=1S/C47H57N9O7/c1-56(29-35-13-6-12-33-10-4-5-14-37(33)35)24-8-16-40(53-43(60)38(48)26-30-18-21-36(57)22-19-30)45(62)54-39(15-7-23-51-47(49)50)46(63)55-41(44(61)52-28-42(58)59)27-31-17-20-32-9-2-3-11-34(32)25-31/h2-6,9-14,17-22,25,38-41,57H,7-8,15-16,23-24,26-29,48H2,1H3,(H,52,61)(H,53,60)(H,54,62)(H,55,63)(H,58,59)(H4,49,50,51)/t38-,39+,40+,41+/m1/s1. The lowest BCUT2D eigenvalue weighted by molar-refractivity contribution is -0.138. The summed E-state index contributed by atoms with van der Waals surface area (Å²) in [6.07, 6.45) is 1.11. The summed E-state index contributed by atoms with van der Waals surface area (Å²) in [5.74, 6) is -4.04. The van der Waals surface area contributed by atoms with Gasteiger partial charge in [0.1, 0.15) is 30.4 Å². The molecular weight excluding hydrogens is 803 g/mol. The maximum absolute atomic E-state index is 14.3. The van der Waals surface area contributed by atoms with E-state index in [1.165, 1.54) is 12.1 Å². The maximum Gasteiger partial charge on any atom is 0.322 e. The summed E-state index contributed by atoms with van der Waals surface area (Å²) in [5, 5.41) is 33.8. The number of aliphatic imine (C=N–C) groups is 1. The molecule has 0 spiro atoms. The van der Waals surface area contributed by atoms with E-state index in [0.717, 1.165) is 27.1 Å². The molecule has 5 aromatic rings. The van der Waals surface area contributed by atoms with Gasteiger partial charge in [0.15, 0.2) is 5.96 Å². The van der Waals surface area contributed by atoms with Crippen LogP contribution in [0.1, 0.15) is 42.4 Å². The zero-order valence-electron chi connectivity index (χ0n) is 35.3. The first-order valence-electron chi connectivity index (χ1n) is 20.9. The van der Waals surface area contributed by atoms with Crippen molar-refractivity contribution in [3.05, 3.63) is 126 Å². The third kappa shape index (κ3) is 14.8. The quantitative estimate of drug-likeness (QED) is 0.0262. The average Bonchev–Trinajstić information content (AvgIpc) is 3.26. The molecule has 16 nitrogen and oxygen atoms in total. The van der Waals surface area contributed by atoms with E-state index in [4.69, 9.17) is 17.2 Å². The highest BCUT2D eigenvalue weighted by Crippen LogP contribution is 2.21. The number of aliphatic carboxylic acids is 1. The van der Waals surface area contributed by atoms with Crippen molar-refractivity contribution >= 4 is 57.1 Å². The second kappa shape index (κ2) is 23.3. The smallest absolute Gasteiger partial charge is 0.322 e. The Labute approximate surface area is 366 Å². The fraction of sp³-hybridized carbons (Fsp3) is 0.319. The minimum absolute atomic E-state index is 0.0145. The number of nitrogens with one attached hydrogen (secondary N) is 4. The molecule has 0 aliphatic heterocycles. The van der Waals surface area contributed by atoms with Crippen molar-refractivity contribution in [3.8, 4) is 5.75 Å². The van der Waals surface area contributed by atoms with Gasteiger partial charge in [0.05, 0.1) is 6.04 Å². The van der Waals surface area contributed by atoms with Gasteiger partial charge in [-0.15, -0.1) is 0 Å². The van der Waals surface area contributed by atoms with Crippen LogP contribution < -0.4 is 38.5 Å². The molecule has 12 N–H and O–H groups in total. The summed E-state index contributed by atoms with van der Waals surface area (Å²) in [5.41, 5.74) is 20.0. The topological polar surface area (TPSA) is 268 Å². The lowest BCUT2D eigenvalue weighted by Gasteiger charge is -2.26. The van der Waals surface area contributed by atoms with Crippen molar-refractivity contribution in [2.75, 3.05) is 26.7 Å². The number of benzene rings is 5. The number of nitrogens with zero attached hydrogens (tertiary/aromatic N) is 2. The number of amides is 4. The number of hydrogen-bond donors (Lipinski definition) is 9. The van der Waals surface area contributed by atoms with Gasteiger partial charge < -0.3 is 53.6 Å². The lowest BCUT2D eigenvalue weighted by atomic mass is 10.0. The average molecular weight is 860 g/mol. The number of carbonyl (C=O) groups is 5. The molecule has 0 saturated carbocycles. The summed E-state index contributed by atoms with van der Waals surface area (Å²) in [7, 11) is 1.97. The van der Waals surface area contributed by atoms with Gasteiger partial charge in [0.2, 0.25) is 23.6 Å². The summed E-state index contributed by atoms with van der Waals surface area (Å²) < 4.78 is 0. The van der Waals surface area contributed by atoms with Crippen LogP contribution in [0.3, 0.4) is 0 Å². The van der Waals surface area contributed by atoms with E-state index in [2.05, 4.69) is 55.4 Å². The Kier molecular flexibility index (Phi) is 17.4. The molecular formula is C47H57N9O7. The molecule has 0 radical (unpaired) electrons. The minimum atomic E-state index is -1.26. The van der Waals surface area contributed by atoms with E-state index in [0.29, 0.717) is 30.6 Å². The SMILES string of the molecule is CN(CCC[C@H](NC(=O)[C@H](N)Cc1ccc(O)cc1)C(=O)N[C@@H](CCCN=C(N)N)C(=O)N[C@@H](Cc1ccc2ccccc2c1)C(=O)NCC(=O)O)Cc1cccc2ccccc12. The van der Waals surface area contributed by atoms with Crippen molar-refractivity contribution < 1.29 is 34.2 Å². The van der Waals surface area contributed by atoms with Gasteiger partial charge in [0.25, 0.3) is 0 Å². The largest absolute Gasteiger partial charge is 0.508 e. The highest BCUT2D eigenvalue weighted by atomic mass is 16.4. The summed E-state index contributed by atoms with van der Waals surface area (Å²) in [4.78, 5) is 73.0. The number of guanidine groups is 1. The number of carboxylic acid groups (broad SMARTS) is 1. The number of hydrogen-bond acceptors (Lipinski definition) is 9. The highest BCUT2D eigenvalue weighted by molar-refractivity contribution is 5.95. The third-order valence-electron chi connectivity index (χ3n) is 10.6. The minimum Gasteiger partial charge on any atom is -0.508 e. The molecule has 0 fully saturated rings. The van der Waals surface area contributed by atoms with Crippen molar-refractivity contribution in [1.82, 2.24) is 26.2 Å². The summed E-state index contributed by atoms with van der Waals surface area (Å²) >= 11 is 0. The first kappa shape index (κ1) is 47.0. The predicted octanol–water partition coefficient (Wildman–Crippen LogP) is 2.43. The number of rotatable bonds is 23. The Hall–Kier alpha value is -7.04. The zero-order chi connectivity index (χ0) is 45.3. The van der Waals surface area contributed by atoms with Gasteiger partial charge in [-0.2, -0.15) is 0 Å². The van der Waals surface area contributed by atoms with E-state index in [1.54, 1.807) is 12.1 Å². The number of phenols is 1. The molecule has 4 amide bonds. The predicted molar refractivity (Wildman–Crippen MR) is 243 cm³/mol. The van der Waals surface area contributed by atoms with E-state index >= 15 is 0 Å². The van der Waals surface area contributed by atoms with Crippen molar-refractivity contribution in [2.24, 2.45) is 22.2 Å². The van der Waals surface area contributed by atoms with Gasteiger partial charge in [-0.1, -0.05) is 97.1 Å². The Morgan fingerprint density at radius 2 is 1.27 bits per heavy atom. The normalized spacial score (nSPS) is 13.1. The molecule has 0 unspecified atom stereocenters. The molecule has 16 heteroatoms. The van der Waals surface area contributed by atoms with Gasteiger partial charge in [-0.25, -0.2) is 0 Å². The first-order valence-corrected chi connectivity index (χ1v) is 20.9. The van der Waals surface area contributed by atoms with Crippen LogP contribution >= 0.6 is 0 Å². The Balaban J connectivity index is 1.34. The van der Waals surface area contributed by atoms with Crippen LogP contribution in [-0.4, -0.2) is 102 Å². The van der Waals surface area contributed by atoms with Crippen molar-refractivity contribution in [3.63, 3.8) is 0 Å². The molecule has 0 aromatic heterocycles. The van der Waals surface area contributed by atoms with Crippen LogP contribution in [0, 0.1) is 0 Å². The molecule has 5 aromatic carbocycles. The molecule has 332 valence electrons. The van der Waals surface area contributed by atoms with Crippen molar-refractivity contribution in [1.29, 1.82) is 0 Å². The first-order chi connectivity index (χ1) is 30.2. The molecule has 0 aliphatic rings. The molecule has 0 bridgehead atoms. The second-order valence-corrected chi connectivity index (χ2v) is 15.6. The lowest BCUT2D eigenvalue weighted by Crippen LogP contribution is -2.58. The van der Waals surface area contributed by atoms with Gasteiger partial charge >= 0.3 is 5.97 Å². The second-order valence-electron chi connectivity index (χ2n) is 15.6. The Morgan fingerprint density at radius 1 is 0.667 bits per heavy atom. The van der Waals surface area contributed by atoms with Crippen LogP contribution in [0.15, 0.2) is 114 Å². The number of carboxylic acids is 1. The van der Waals surface area contributed by atoms with Crippen LogP contribution in [-0.2, 0) is 43.4 Å². The number of carbonyl (C=O) groups excluding carboxylic acids is 4. The Bertz CT molecular complexity index is 2380. The van der Waals surface area contributed by atoms with E-state index in [-0.39, 0.29) is 50.4 Å². The van der Waals surface area contributed by atoms with Gasteiger partial charge in [-0.05, 0) is 96.1 Å². The van der Waals surface area contributed by atoms with Crippen LogP contribution in [0.25, 0.3) is 21.5 Å². The van der Waals surface area contributed by atoms with Crippen molar-refractivity contribution in [2.45, 2.75) is 69.2 Å². The molecule has 4 atom stereocenters. The third-order valence-corrected chi connectivity index (χ3v) is 10.6. The van der Waals surface area contributed by atoms with Crippen LogP contribution in [0.4, 0.5) is 0 Å². The highest BCUT2D eigenvalue weighted by Gasteiger charge is 2.31. The van der Waals surface area contributed by atoms with Crippen LogP contribution in [0.2, 0.25) is 0 Å². The fourth-order valence-corrected chi connectivity index (χ4v) is 7.31. The Morgan fingerprint density at radius 3 is 1.97 bits per heavy atom. The van der Waals surface area contributed by atoms with E-state index < -0.39 is 60.3 Å². The number of nitrogens with two attached hydrogens (primary N) is 3. The number of fused-ring (bicyclic) bond motifs is 2. The van der Waals surface area contributed by atoms with Gasteiger partial charge in [0, 0.05) is 19.5 Å². The number of phenolic OH excluding ortho intramolecular Hbond substituents is 1. The van der Waals surface area contributed by atoms with E-state index in [1.807, 2.05) is 67.7 Å². The maximum atomic E-state index is 14.3. The van der Waals surface area contributed by atoms with Gasteiger partial charge in [-0.3, -0.25) is 29.0 Å². The fourth-order valence-electron chi connectivity index (χ4n) is 7.31. The van der Waals surface area contributed by atoms with Crippen LogP contribution in [0.5, 0.6) is 5.75 Å². The van der Waals surface area contributed by atoms with E-state index in [9.17, 15) is 34.2 Å². The molecule has 5 rings (SSSR count). The zero-order valence-corrected chi connectivity index (χ0v) is 35.3. The molecule has 63 heavy (non-hydrogen) atoms. The number of aromatic hydroxyl groups is 1. The summed E-state index contributed by atoms with van der Waals surface area (Å²) in [6.45, 7) is 0.666. The summed E-state index contributed by atoms with van der Waals surface area (Å²) in [6, 6.07) is 29.2. The molecule has 0 heterocycles. The molecule has 0 saturated heterocycles. The molecule has 0 aliphatic carbocycles. The monoisotopic (exact) mass is 859 g/mol.